The molecule has 0 saturated carbocycles. The van der Waals surface area contributed by atoms with Gasteiger partial charge in [0.15, 0.2) is 6.29 Å². The minimum atomic E-state index is -0.981. The number of carbonyl (C=O) groups excluding carboxylic acids is 1. The van der Waals surface area contributed by atoms with Crippen LogP contribution in [-0.4, -0.2) is 18.3 Å². The van der Waals surface area contributed by atoms with Gasteiger partial charge in [-0.3, -0.25) is 4.79 Å². The molecule has 0 saturated heterocycles. The summed E-state index contributed by atoms with van der Waals surface area (Å²) in [6, 6.07) is 1.20. The van der Waals surface area contributed by atoms with Crippen LogP contribution in [-0.2, 0) is 0 Å². The zero-order valence-corrected chi connectivity index (χ0v) is 4.91. The molecule has 0 amide bonds. The highest BCUT2D eigenvalue weighted by Crippen LogP contribution is 2.08. The first-order valence-electron chi connectivity index (χ1n) is 2.47. The van der Waals surface area contributed by atoms with Gasteiger partial charge in [-0.15, -0.1) is 0 Å². The van der Waals surface area contributed by atoms with Crippen LogP contribution in [0, 0.1) is 0 Å². The van der Waals surface area contributed by atoms with Crippen molar-refractivity contribution in [1.29, 1.82) is 0 Å². The van der Waals surface area contributed by atoms with Crippen LogP contribution in [0.3, 0.4) is 0 Å². The van der Waals surface area contributed by atoms with E-state index in [1.807, 2.05) is 0 Å². The van der Waals surface area contributed by atoms with E-state index >= 15 is 0 Å². The highest BCUT2D eigenvalue weighted by Gasteiger charge is 2.01. The number of carbonyl (C=O) groups is 1. The number of nitrogens with zero attached hydrogens (tertiary/aromatic N) is 1. The molecule has 0 bridgehead atoms. The number of hydrogen-bond acceptors (Lipinski definition) is 4. The van der Waals surface area contributed by atoms with Crippen molar-refractivity contribution >= 4 is 6.29 Å². The lowest BCUT2D eigenvalue weighted by atomic mass is 10.5. The minimum Gasteiger partial charge on any atom is -0.444 e. The van der Waals surface area contributed by atoms with Gasteiger partial charge in [0.25, 0.3) is 5.88 Å². The number of aromatic nitrogens is 1. The summed E-state index contributed by atoms with van der Waals surface area (Å²) >= 11 is 0. The molecule has 0 atom stereocenters. The summed E-state index contributed by atoms with van der Waals surface area (Å²) in [4.78, 5) is 9.94. The summed E-state index contributed by atoms with van der Waals surface area (Å²) in [5.74, 6) is -0.00644. The second-order valence-corrected chi connectivity index (χ2v) is 1.44. The smallest absolute Gasteiger partial charge is 0.257 e. The van der Waals surface area contributed by atoms with Gasteiger partial charge in [0.1, 0.15) is 0 Å². The first kappa shape index (κ1) is 6.73. The molecule has 0 N–H and O–H groups in total. The van der Waals surface area contributed by atoms with Crippen LogP contribution in [0.25, 0.3) is 0 Å². The average Bonchev–Trinajstić information content (AvgIpc) is 2.37. The summed E-state index contributed by atoms with van der Waals surface area (Å²) in [6.45, 7) is -0.981. The SMILES string of the molecule is O=Cc1cc(OCF)no1. The monoisotopic (exact) mass is 145 g/mol. The second kappa shape index (κ2) is 2.95. The van der Waals surface area contributed by atoms with Crippen molar-refractivity contribution in [3.63, 3.8) is 0 Å². The van der Waals surface area contributed by atoms with Crippen LogP contribution in [0.4, 0.5) is 4.39 Å². The Morgan fingerprint density at radius 2 is 2.70 bits per heavy atom. The van der Waals surface area contributed by atoms with Crippen LogP contribution in [0.2, 0.25) is 0 Å². The maximum absolute atomic E-state index is 11.4. The van der Waals surface area contributed by atoms with E-state index < -0.39 is 6.86 Å². The van der Waals surface area contributed by atoms with E-state index in [1.165, 1.54) is 6.07 Å². The van der Waals surface area contributed by atoms with E-state index in [0.29, 0.717) is 6.29 Å². The van der Waals surface area contributed by atoms with Gasteiger partial charge in [0, 0.05) is 0 Å². The van der Waals surface area contributed by atoms with Crippen LogP contribution in [0.5, 0.6) is 5.88 Å². The molecule has 10 heavy (non-hydrogen) atoms. The largest absolute Gasteiger partial charge is 0.444 e. The van der Waals surface area contributed by atoms with Crippen molar-refractivity contribution in [2.75, 3.05) is 6.86 Å². The van der Waals surface area contributed by atoms with E-state index in [4.69, 9.17) is 0 Å². The van der Waals surface area contributed by atoms with Gasteiger partial charge in [-0.05, 0) is 5.16 Å². The van der Waals surface area contributed by atoms with Gasteiger partial charge in [-0.25, -0.2) is 4.39 Å². The van der Waals surface area contributed by atoms with Crippen molar-refractivity contribution < 1.29 is 18.4 Å². The Bertz CT molecular complexity index is 222. The van der Waals surface area contributed by atoms with Crippen LogP contribution in [0.15, 0.2) is 10.6 Å². The molecule has 0 fully saturated rings. The molecule has 1 aromatic rings. The lowest BCUT2D eigenvalue weighted by Gasteiger charge is -1.88. The van der Waals surface area contributed by atoms with Gasteiger partial charge < -0.3 is 9.26 Å². The fourth-order valence-corrected chi connectivity index (χ4v) is 0.452. The third-order valence-corrected chi connectivity index (χ3v) is 0.825. The number of alkyl halides is 1. The number of rotatable bonds is 3. The van der Waals surface area contributed by atoms with Crippen LogP contribution >= 0.6 is 0 Å². The molecule has 0 aliphatic rings. The summed E-state index contributed by atoms with van der Waals surface area (Å²) in [6.07, 6.45) is 0.456. The molecule has 54 valence electrons. The highest BCUT2D eigenvalue weighted by atomic mass is 19.1. The van der Waals surface area contributed by atoms with Gasteiger partial charge in [0.05, 0.1) is 6.07 Å². The Hall–Kier alpha value is -1.39. The van der Waals surface area contributed by atoms with Gasteiger partial charge in [-0.1, -0.05) is 0 Å². The van der Waals surface area contributed by atoms with Crippen molar-refractivity contribution in [3.8, 4) is 5.88 Å². The fourth-order valence-electron chi connectivity index (χ4n) is 0.452. The van der Waals surface area contributed by atoms with Crippen molar-refractivity contribution in [3.05, 3.63) is 11.8 Å². The van der Waals surface area contributed by atoms with Crippen molar-refractivity contribution in [2.45, 2.75) is 0 Å². The molecule has 1 aromatic heterocycles. The zero-order chi connectivity index (χ0) is 7.40. The normalized spacial score (nSPS) is 9.30. The zero-order valence-electron chi connectivity index (χ0n) is 4.91. The topological polar surface area (TPSA) is 52.3 Å². The van der Waals surface area contributed by atoms with Crippen LogP contribution in [0.1, 0.15) is 10.6 Å². The van der Waals surface area contributed by atoms with Gasteiger partial charge >= 0.3 is 0 Å². The second-order valence-electron chi connectivity index (χ2n) is 1.44. The molecule has 0 aliphatic carbocycles. The Kier molecular flexibility index (Phi) is 1.99. The number of ether oxygens (including phenoxy) is 1. The number of halogens is 1. The fraction of sp³-hybridized carbons (Fsp3) is 0.200. The lowest BCUT2D eigenvalue weighted by Crippen LogP contribution is -1.88. The molecule has 0 aliphatic heterocycles. The minimum absolute atomic E-state index is 0.0171. The molecule has 1 heterocycles. The molecular formula is C5H4FNO3. The molecule has 0 spiro atoms. The number of aldehydes is 1. The number of hydrogen-bond donors (Lipinski definition) is 0. The van der Waals surface area contributed by atoms with E-state index in [1.54, 1.807) is 0 Å². The maximum atomic E-state index is 11.4. The van der Waals surface area contributed by atoms with E-state index in [2.05, 4.69) is 14.4 Å². The molecule has 0 unspecified atom stereocenters. The lowest BCUT2D eigenvalue weighted by molar-refractivity contribution is 0.109. The predicted octanol–water partition coefficient (Wildman–Crippen LogP) is 0.793. The standard InChI is InChI=1S/C5H4FNO3/c6-3-9-5-1-4(2-8)10-7-5/h1-2H,3H2. The molecule has 4 nitrogen and oxygen atoms in total. The average molecular weight is 145 g/mol. The van der Waals surface area contributed by atoms with Gasteiger partial charge in [0.2, 0.25) is 12.6 Å². The summed E-state index contributed by atoms with van der Waals surface area (Å²) in [5.41, 5.74) is 0. The van der Waals surface area contributed by atoms with E-state index in [-0.39, 0.29) is 11.6 Å². The molecular weight excluding hydrogens is 141 g/mol. The first-order valence-corrected chi connectivity index (χ1v) is 2.47. The predicted molar refractivity (Wildman–Crippen MR) is 28.5 cm³/mol. The van der Waals surface area contributed by atoms with Gasteiger partial charge in [-0.2, -0.15) is 0 Å². The van der Waals surface area contributed by atoms with E-state index in [0.717, 1.165) is 0 Å². The third kappa shape index (κ3) is 1.31. The Morgan fingerprint density at radius 1 is 1.90 bits per heavy atom. The molecule has 1 rings (SSSR count). The Morgan fingerprint density at radius 3 is 3.20 bits per heavy atom. The first-order chi connectivity index (χ1) is 4.86. The quantitative estimate of drug-likeness (QED) is 0.590. The van der Waals surface area contributed by atoms with Crippen molar-refractivity contribution in [1.82, 2.24) is 5.16 Å². The third-order valence-electron chi connectivity index (χ3n) is 0.825. The van der Waals surface area contributed by atoms with E-state index in [9.17, 15) is 9.18 Å². The van der Waals surface area contributed by atoms with Crippen molar-refractivity contribution in [2.24, 2.45) is 0 Å². The van der Waals surface area contributed by atoms with Crippen LogP contribution < -0.4 is 4.74 Å². The highest BCUT2D eigenvalue weighted by molar-refractivity contribution is 5.70. The Balaban J connectivity index is 2.68. The summed E-state index contributed by atoms with van der Waals surface area (Å²) in [7, 11) is 0. The Labute approximate surface area is 55.6 Å². The summed E-state index contributed by atoms with van der Waals surface area (Å²) in [5, 5.41) is 3.21. The maximum Gasteiger partial charge on any atom is 0.257 e. The summed E-state index contributed by atoms with van der Waals surface area (Å²) < 4.78 is 20.0. The molecule has 0 radical (unpaired) electrons. The molecule has 5 heteroatoms. The molecule has 0 aromatic carbocycles.